The molecule has 1 unspecified atom stereocenters. The third-order valence-electron chi connectivity index (χ3n) is 2.53. The zero-order valence-electron chi connectivity index (χ0n) is 12.3. The van der Waals surface area contributed by atoms with E-state index in [4.69, 9.17) is 5.11 Å². The molecule has 1 atom stereocenters. The molecule has 2 N–H and O–H groups in total. The molecule has 21 heavy (non-hydrogen) atoms. The summed E-state index contributed by atoms with van der Waals surface area (Å²) < 4.78 is 0. The minimum absolute atomic E-state index is 0.0858. The highest BCUT2D eigenvalue weighted by molar-refractivity contribution is 7.99. The zero-order chi connectivity index (χ0) is 15.8. The Balaban J connectivity index is 2.54. The maximum Gasteiger partial charge on any atom is 0.326 e. The van der Waals surface area contributed by atoms with Gasteiger partial charge >= 0.3 is 5.97 Å². The summed E-state index contributed by atoms with van der Waals surface area (Å²) in [6, 6.07) is 0.941. The van der Waals surface area contributed by atoms with E-state index < -0.39 is 12.0 Å². The van der Waals surface area contributed by atoms with Gasteiger partial charge in [-0.1, -0.05) is 23.9 Å². The molecule has 1 rings (SSSR count). The fourth-order valence-electron chi connectivity index (χ4n) is 1.62. The third kappa shape index (κ3) is 6.40. The number of allylic oxidation sites excluding steroid dienone is 1. The van der Waals surface area contributed by atoms with Crippen LogP contribution in [0.5, 0.6) is 0 Å². The van der Waals surface area contributed by atoms with Gasteiger partial charge in [0.15, 0.2) is 5.16 Å². The number of nitrogens with zero attached hydrogens (tertiary/aromatic N) is 2. The van der Waals surface area contributed by atoms with Gasteiger partial charge in [-0.15, -0.1) is 0 Å². The summed E-state index contributed by atoms with van der Waals surface area (Å²) in [5.74, 6) is -1.31. The molecule has 0 radical (unpaired) electrons. The molecular formula is C14H19N3O3S. The summed E-state index contributed by atoms with van der Waals surface area (Å²) in [6.07, 6.45) is 3.72. The largest absolute Gasteiger partial charge is 0.480 e. The number of hydrogen-bond donors (Lipinski definition) is 2. The maximum atomic E-state index is 11.8. The summed E-state index contributed by atoms with van der Waals surface area (Å²) in [5, 5.41) is 12.0. The van der Waals surface area contributed by atoms with Crippen LogP contribution in [0.2, 0.25) is 0 Å². The normalized spacial score (nSPS) is 12.3. The average molecular weight is 309 g/mol. The Morgan fingerprint density at radius 3 is 2.52 bits per heavy atom. The summed E-state index contributed by atoms with van der Waals surface area (Å²) in [7, 11) is 0. The highest BCUT2D eigenvalue weighted by atomic mass is 32.2. The molecule has 1 amide bonds. The maximum absolute atomic E-state index is 11.8. The van der Waals surface area contributed by atoms with E-state index in [9.17, 15) is 9.59 Å². The topological polar surface area (TPSA) is 92.2 Å². The number of carbonyl (C=O) groups is 2. The Labute approximate surface area is 128 Å². The number of aromatic nitrogens is 2. The van der Waals surface area contributed by atoms with Crippen LogP contribution in [0.25, 0.3) is 0 Å². The summed E-state index contributed by atoms with van der Waals surface area (Å²) in [5.41, 5.74) is 1.67. The van der Waals surface area contributed by atoms with Gasteiger partial charge in [-0.05, 0) is 33.3 Å². The molecule has 114 valence electrons. The number of thioether (sulfide) groups is 1. The van der Waals surface area contributed by atoms with E-state index in [-0.39, 0.29) is 18.1 Å². The third-order valence-corrected chi connectivity index (χ3v) is 3.38. The van der Waals surface area contributed by atoms with Gasteiger partial charge in [-0.25, -0.2) is 14.8 Å². The van der Waals surface area contributed by atoms with Gasteiger partial charge in [0, 0.05) is 11.4 Å². The van der Waals surface area contributed by atoms with Crippen molar-refractivity contribution in [2.24, 2.45) is 0 Å². The van der Waals surface area contributed by atoms with Gasteiger partial charge in [0.25, 0.3) is 0 Å². The SMILES string of the molecule is C/C=C/CC(NC(=O)CSc1nc(C)cc(C)n1)C(=O)O. The molecule has 0 bridgehead atoms. The van der Waals surface area contributed by atoms with E-state index in [1.165, 1.54) is 11.8 Å². The minimum Gasteiger partial charge on any atom is -0.480 e. The number of amides is 1. The van der Waals surface area contributed by atoms with E-state index in [0.717, 1.165) is 11.4 Å². The number of aryl methyl sites for hydroxylation is 2. The summed E-state index contributed by atoms with van der Waals surface area (Å²) in [4.78, 5) is 31.2. The first-order valence-electron chi connectivity index (χ1n) is 6.50. The van der Waals surface area contributed by atoms with Crippen LogP contribution in [0.15, 0.2) is 23.4 Å². The second-order valence-corrected chi connectivity index (χ2v) is 5.43. The monoisotopic (exact) mass is 309 g/mol. The number of carboxylic acids is 1. The smallest absolute Gasteiger partial charge is 0.326 e. The first-order chi connectivity index (χ1) is 9.92. The second kappa shape index (κ2) is 8.41. The summed E-state index contributed by atoms with van der Waals surface area (Å²) >= 11 is 1.19. The molecule has 0 aromatic carbocycles. The lowest BCUT2D eigenvalue weighted by Crippen LogP contribution is -2.41. The molecule has 0 aliphatic rings. The van der Waals surface area contributed by atoms with Crippen LogP contribution in [0.1, 0.15) is 24.7 Å². The van der Waals surface area contributed by atoms with Crippen LogP contribution < -0.4 is 5.32 Å². The molecule has 0 saturated heterocycles. The quantitative estimate of drug-likeness (QED) is 0.453. The standard InChI is InChI=1S/C14H19N3O3S/c1-4-5-6-11(13(19)20)17-12(18)8-21-14-15-9(2)7-10(3)16-14/h4-5,7,11H,6,8H2,1-3H3,(H,17,18)(H,19,20)/b5-4+. The number of carbonyl (C=O) groups excluding carboxylic acids is 1. The highest BCUT2D eigenvalue weighted by Gasteiger charge is 2.18. The van der Waals surface area contributed by atoms with Crippen molar-refractivity contribution < 1.29 is 14.7 Å². The van der Waals surface area contributed by atoms with Gasteiger partial charge in [-0.3, -0.25) is 4.79 Å². The molecule has 1 aromatic heterocycles. The molecule has 0 saturated carbocycles. The van der Waals surface area contributed by atoms with Crippen LogP contribution >= 0.6 is 11.8 Å². The Kier molecular flexibility index (Phi) is 6.87. The lowest BCUT2D eigenvalue weighted by molar-refractivity contribution is -0.141. The Bertz CT molecular complexity index is 526. The van der Waals surface area contributed by atoms with Gasteiger partial charge in [0.2, 0.25) is 5.91 Å². The Hall–Kier alpha value is -1.89. The van der Waals surface area contributed by atoms with E-state index in [2.05, 4.69) is 15.3 Å². The van der Waals surface area contributed by atoms with Gasteiger partial charge in [0.05, 0.1) is 5.75 Å². The van der Waals surface area contributed by atoms with E-state index >= 15 is 0 Å². The predicted octanol–water partition coefficient (Wildman–Crippen LogP) is 1.72. The first-order valence-corrected chi connectivity index (χ1v) is 7.49. The van der Waals surface area contributed by atoms with Crippen LogP contribution in [0.4, 0.5) is 0 Å². The average Bonchev–Trinajstić information content (AvgIpc) is 2.39. The predicted molar refractivity (Wildman–Crippen MR) is 81.2 cm³/mol. The van der Waals surface area contributed by atoms with E-state index in [0.29, 0.717) is 5.16 Å². The molecule has 6 nitrogen and oxygen atoms in total. The fourth-order valence-corrected chi connectivity index (χ4v) is 2.38. The molecule has 0 fully saturated rings. The molecule has 1 heterocycles. The van der Waals surface area contributed by atoms with Gasteiger partial charge in [0.1, 0.15) is 6.04 Å². The highest BCUT2D eigenvalue weighted by Crippen LogP contribution is 2.13. The van der Waals surface area contributed by atoms with Gasteiger partial charge in [-0.2, -0.15) is 0 Å². The minimum atomic E-state index is -1.05. The van der Waals surface area contributed by atoms with Crippen molar-refractivity contribution in [3.05, 3.63) is 29.6 Å². The number of aliphatic carboxylic acids is 1. The Morgan fingerprint density at radius 2 is 2.00 bits per heavy atom. The van der Waals surface area contributed by atoms with Crippen molar-refractivity contribution in [2.75, 3.05) is 5.75 Å². The summed E-state index contributed by atoms with van der Waals surface area (Å²) in [6.45, 7) is 5.51. The molecule has 7 heteroatoms. The van der Waals surface area contributed by atoms with Crippen molar-refractivity contribution in [1.82, 2.24) is 15.3 Å². The molecule has 1 aromatic rings. The van der Waals surface area contributed by atoms with Crippen molar-refractivity contribution in [3.8, 4) is 0 Å². The second-order valence-electron chi connectivity index (χ2n) is 4.49. The molecular weight excluding hydrogens is 290 g/mol. The zero-order valence-corrected chi connectivity index (χ0v) is 13.1. The number of hydrogen-bond acceptors (Lipinski definition) is 5. The molecule has 0 spiro atoms. The first kappa shape index (κ1) is 17.2. The number of carboxylic acid groups (broad SMARTS) is 1. The van der Waals surface area contributed by atoms with Crippen LogP contribution in [0.3, 0.4) is 0 Å². The van der Waals surface area contributed by atoms with Crippen molar-refractivity contribution in [2.45, 2.75) is 38.4 Å². The number of rotatable bonds is 7. The van der Waals surface area contributed by atoms with Crippen molar-refractivity contribution >= 4 is 23.6 Å². The number of nitrogens with one attached hydrogen (secondary N) is 1. The van der Waals surface area contributed by atoms with Crippen LogP contribution in [-0.4, -0.2) is 38.7 Å². The fraction of sp³-hybridized carbons (Fsp3) is 0.429. The van der Waals surface area contributed by atoms with Gasteiger partial charge < -0.3 is 10.4 Å². The van der Waals surface area contributed by atoms with E-state index in [1.807, 2.05) is 19.9 Å². The van der Waals surface area contributed by atoms with Crippen LogP contribution in [0, 0.1) is 13.8 Å². The lowest BCUT2D eigenvalue weighted by atomic mass is 10.2. The van der Waals surface area contributed by atoms with Crippen LogP contribution in [-0.2, 0) is 9.59 Å². The lowest BCUT2D eigenvalue weighted by Gasteiger charge is -2.12. The van der Waals surface area contributed by atoms with E-state index in [1.54, 1.807) is 19.1 Å². The van der Waals surface area contributed by atoms with Crippen molar-refractivity contribution in [1.29, 1.82) is 0 Å². The molecule has 0 aliphatic heterocycles. The molecule has 0 aliphatic carbocycles. The van der Waals surface area contributed by atoms with Crippen molar-refractivity contribution in [3.63, 3.8) is 0 Å². The Morgan fingerprint density at radius 1 is 1.38 bits per heavy atom.